The van der Waals surface area contributed by atoms with Crippen LogP contribution >= 0.6 is 11.8 Å². The maximum Gasteiger partial charge on any atom is 0.234 e. The fraction of sp³-hybridized carbons (Fsp3) is 0.222. The van der Waals surface area contributed by atoms with Gasteiger partial charge in [0, 0.05) is 17.8 Å². The summed E-state index contributed by atoms with van der Waals surface area (Å²) in [6.07, 6.45) is 1.65. The van der Waals surface area contributed by atoms with Gasteiger partial charge < -0.3 is 5.32 Å². The largest absolute Gasteiger partial charge is 0.325 e. The number of nitrogens with one attached hydrogen (secondary N) is 1. The van der Waals surface area contributed by atoms with E-state index in [0.717, 1.165) is 34.7 Å². The number of aryl methyl sites for hydroxylation is 3. The molecule has 0 saturated carbocycles. The minimum absolute atomic E-state index is 0.0609. The fourth-order valence-electron chi connectivity index (χ4n) is 3.61. The molecule has 1 aromatic heterocycles. The van der Waals surface area contributed by atoms with Crippen LogP contribution in [0.15, 0.2) is 78.0 Å². The summed E-state index contributed by atoms with van der Waals surface area (Å²) < 4.78 is 2.06. The number of aromatic nitrogens is 3. The van der Waals surface area contributed by atoms with Crippen molar-refractivity contribution in [3.05, 3.63) is 101 Å². The van der Waals surface area contributed by atoms with Crippen LogP contribution in [0.3, 0.4) is 0 Å². The van der Waals surface area contributed by atoms with Crippen molar-refractivity contribution in [2.45, 2.75) is 38.8 Å². The van der Waals surface area contributed by atoms with E-state index in [9.17, 15) is 4.79 Å². The van der Waals surface area contributed by atoms with Crippen LogP contribution in [-0.4, -0.2) is 26.4 Å². The molecule has 1 N–H and O–H groups in total. The van der Waals surface area contributed by atoms with Gasteiger partial charge in [0.1, 0.15) is 5.82 Å². The van der Waals surface area contributed by atoms with E-state index in [4.69, 9.17) is 0 Å². The first-order valence-electron chi connectivity index (χ1n) is 11.1. The Morgan fingerprint density at radius 1 is 0.939 bits per heavy atom. The van der Waals surface area contributed by atoms with E-state index in [-0.39, 0.29) is 11.7 Å². The van der Waals surface area contributed by atoms with Crippen LogP contribution in [0.4, 0.5) is 5.69 Å². The number of anilines is 1. The quantitative estimate of drug-likeness (QED) is 0.342. The molecule has 0 radical (unpaired) electrons. The molecule has 0 unspecified atom stereocenters. The minimum atomic E-state index is -0.0609. The lowest BCUT2D eigenvalue weighted by atomic mass is 10.1. The molecule has 0 saturated heterocycles. The lowest BCUT2D eigenvalue weighted by molar-refractivity contribution is -0.113. The molecule has 0 aliphatic rings. The highest BCUT2D eigenvalue weighted by Gasteiger charge is 2.17. The minimum Gasteiger partial charge on any atom is -0.325 e. The van der Waals surface area contributed by atoms with E-state index in [1.807, 2.05) is 50.2 Å². The summed E-state index contributed by atoms with van der Waals surface area (Å²) in [5.74, 6) is 1.04. The average molecular weight is 457 g/mol. The number of rotatable bonds is 8. The second-order valence-corrected chi connectivity index (χ2v) is 9.01. The molecule has 5 nitrogen and oxygen atoms in total. The van der Waals surface area contributed by atoms with Crippen molar-refractivity contribution >= 4 is 23.4 Å². The Kier molecular flexibility index (Phi) is 7.25. The van der Waals surface area contributed by atoms with Gasteiger partial charge in [-0.25, -0.2) is 0 Å². The van der Waals surface area contributed by atoms with E-state index >= 15 is 0 Å². The molecule has 0 bridgehead atoms. The second kappa shape index (κ2) is 10.5. The smallest absolute Gasteiger partial charge is 0.234 e. The molecule has 0 aliphatic heterocycles. The lowest BCUT2D eigenvalue weighted by Crippen LogP contribution is -2.15. The Labute approximate surface area is 199 Å². The van der Waals surface area contributed by atoms with E-state index in [2.05, 4.69) is 63.4 Å². The molecule has 3 aromatic carbocycles. The summed E-state index contributed by atoms with van der Waals surface area (Å²) in [5.41, 5.74) is 6.45. The second-order valence-electron chi connectivity index (χ2n) is 8.07. The predicted molar refractivity (Wildman–Crippen MR) is 135 cm³/mol. The van der Waals surface area contributed by atoms with Gasteiger partial charge in [-0.05, 0) is 60.7 Å². The number of hydrogen-bond acceptors (Lipinski definition) is 4. The van der Waals surface area contributed by atoms with E-state index < -0.39 is 0 Å². The third-order valence-corrected chi connectivity index (χ3v) is 6.44. The number of nitrogens with zero attached hydrogens (tertiary/aromatic N) is 3. The third kappa shape index (κ3) is 5.71. The van der Waals surface area contributed by atoms with Crippen molar-refractivity contribution in [2.75, 3.05) is 11.1 Å². The first-order valence-corrected chi connectivity index (χ1v) is 12.1. The van der Waals surface area contributed by atoms with Gasteiger partial charge in [0.05, 0.1) is 5.75 Å². The first-order chi connectivity index (χ1) is 16.0. The number of carbonyl (C=O) groups is 1. The lowest BCUT2D eigenvalue weighted by Gasteiger charge is -2.12. The van der Waals surface area contributed by atoms with Gasteiger partial charge in [-0.15, -0.1) is 10.2 Å². The number of amides is 1. The number of carbonyl (C=O) groups excluding carboxylic acids is 1. The van der Waals surface area contributed by atoms with Gasteiger partial charge >= 0.3 is 0 Å². The maximum atomic E-state index is 12.7. The monoisotopic (exact) mass is 456 g/mol. The summed E-state index contributed by atoms with van der Waals surface area (Å²) in [6.45, 7) is 6.16. The Balaban J connectivity index is 1.56. The van der Waals surface area contributed by atoms with E-state index in [1.54, 1.807) is 0 Å². The van der Waals surface area contributed by atoms with Crippen LogP contribution in [0, 0.1) is 13.8 Å². The summed E-state index contributed by atoms with van der Waals surface area (Å²) in [5, 5.41) is 12.7. The Bertz CT molecular complexity index is 1230. The predicted octanol–water partition coefficient (Wildman–Crippen LogP) is 5.77. The highest BCUT2D eigenvalue weighted by Crippen LogP contribution is 2.25. The molecule has 0 aliphatic carbocycles. The van der Waals surface area contributed by atoms with Crippen molar-refractivity contribution in [3.8, 4) is 5.69 Å². The zero-order valence-electron chi connectivity index (χ0n) is 19.2. The summed E-state index contributed by atoms with van der Waals surface area (Å²) in [7, 11) is 0. The van der Waals surface area contributed by atoms with Gasteiger partial charge in [-0.1, -0.05) is 73.3 Å². The van der Waals surface area contributed by atoms with E-state index in [1.165, 1.54) is 22.9 Å². The molecular formula is C27H28N4OS. The Hall–Kier alpha value is -3.38. The highest BCUT2D eigenvalue weighted by molar-refractivity contribution is 7.99. The maximum absolute atomic E-state index is 12.7. The Morgan fingerprint density at radius 3 is 2.42 bits per heavy atom. The van der Waals surface area contributed by atoms with Crippen LogP contribution in [0.1, 0.15) is 35.0 Å². The molecule has 1 amide bonds. The van der Waals surface area contributed by atoms with Gasteiger partial charge in [0.2, 0.25) is 5.91 Å². The van der Waals surface area contributed by atoms with Crippen molar-refractivity contribution in [2.24, 2.45) is 0 Å². The summed E-state index contributed by atoms with van der Waals surface area (Å²) >= 11 is 1.40. The molecule has 6 heteroatoms. The summed E-state index contributed by atoms with van der Waals surface area (Å²) in [4.78, 5) is 12.7. The van der Waals surface area contributed by atoms with Gasteiger partial charge in [-0.2, -0.15) is 0 Å². The van der Waals surface area contributed by atoms with Crippen molar-refractivity contribution in [3.63, 3.8) is 0 Å². The third-order valence-electron chi connectivity index (χ3n) is 5.51. The van der Waals surface area contributed by atoms with Gasteiger partial charge in [0.25, 0.3) is 0 Å². The zero-order chi connectivity index (χ0) is 23.2. The average Bonchev–Trinajstić information content (AvgIpc) is 3.23. The van der Waals surface area contributed by atoms with E-state index in [0.29, 0.717) is 11.6 Å². The van der Waals surface area contributed by atoms with Gasteiger partial charge in [0.15, 0.2) is 5.16 Å². The van der Waals surface area contributed by atoms with Crippen molar-refractivity contribution in [1.29, 1.82) is 0 Å². The zero-order valence-corrected chi connectivity index (χ0v) is 20.0. The van der Waals surface area contributed by atoms with Crippen molar-refractivity contribution < 1.29 is 4.79 Å². The van der Waals surface area contributed by atoms with Crippen LogP contribution in [0.5, 0.6) is 0 Å². The van der Waals surface area contributed by atoms with Crippen LogP contribution in [0.2, 0.25) is 0 Å². The van der Waals surface area contributed by atoms with Crippen LogP contribution < -0.4 is 5.32 Å². The molecule has 0 spiro atoms. The van der Waals surface area contributed by atoms with Gasteiger partial charge in [-0.3, -0.25) is 9.36 Å². The van der Waals surface area contributed by atoms with Crippen LogP contribution in [-0.2, 0) is 17.6 Å². The standard InChI is InChI=1S/C27H28N4OS/c1-4-21-12-14-23(15-13-21)31-25(17-22-8-6-5-7-9-22)29-30-27(31)33-18-26(32)28-24-16-19(2)10-11-20(24)3/h5-16H,4,17-18H2,1-3H3,(H,28,32). The molecular weight excluding hydrogens is 428 g/mol. The topological polar surface area (TPSA) is 59.8 Å². The normalized spacial score (nSPS) is 10.9. The Morgan fingerprint density at radius 2 is 1.70 bits per heavy atom. The number of hydrogen-bond donors (Lipinski definition) is 1. The molecule has 1 heterocycles. The molecule has 0 fully saturated rings. The first kappa shape index (κ1) is 22.8. The molecule has 33 heavy (non-hydrogen) atoms. The molecule has 168 valence electrons. The SMILES string of the molecule is CCc1ccc(-n2c(Cc3ccccc3)nnc2SCC(=O)Nc2cc(C)ccc2C)cc1. The fourth-order valence-corrected chi connectivity index (χ4v) is 4.38. The van der Waals surface area contributed by atoms with Crippen molar-refractivity contribution in [1.82, 2.24) is 14.8 Å². The summed E-state index contributed by atoms with van der Waals surface area (Å²) in [6, 6.07) is 24.7. The highest BCUT2D eigenvalue weighted by atomic mass is 32.2. The molecule has 0 atom stereocenters. The van der Waals surface area contributed by atoms with Crippen LogP contribution in [0.25, 0.3) is 5.69 Å². The molecule has 4 rings (SSSR count). The molecule has 4 aromatic rings. The number of benzene rings is 3. The number of thioether (sulfide) groups is 1.